The highest BCUT2D eigenvalue weighted by Crippen LogP contribution is 2.35. The summed E-state index contributed by atoms with van der Waals surface area (Å²) in [4.78, 5) is 14.8. The zero-order valence-electron chi connectivity index (χ0n) is 11.6. The number of hydrogen-bond donors (Lipinski definition) is 1. The molecule has 3 rings (SSSR count). The first-order valence-electron chi connectivity index (χ1n) is 6.87. The Morgan fingerprint density at radius 3 is 2.67 bits per heavy atom. The smallest absolute Gasteiger partial charge is 0.321 e. The summed E-state index contributed by atoms with van der Waals surface area (Å²) in [6.07, 6.45) is 0.551. The molecule has 1 aliphatic rings. The van der Waals surface area contributed by atoms with Gasteiger partial charge in [-0.1, -0.05) is 35.9 Å². The van der Waals surface area contributed by atoms with Crippen LogP contribution in [0.1, 0.15) is 29.0 Å². The number of carboxylic acids is 1. The molecule has 2 heterocycles. The molecule has 3 nitrogen and oxygen atoms in total. The van der Waals surface area contributed by atoms with Crippen molar-refractivity contribution in [3.8, 4) is 0 Å². The topological polar surface area (TPSA) is 40.5 Å². The minimum atomic E-state index is -0.765. The Kier molecular flexibility index (Phi) is 4.02. The second kappa shape index (κ2) is 5.79. The van der Waals surface area contributed by atoms with Gasteiger partial charge < -0.3 is 5.11 Å². The minimum absolute atomic E-state index is 0.0388. The minimum Gasteiger partial charge on any atom is -0.480 e. The van der Waals surface area contributed by atoms with Crippen LogP contribution in [0.4, 0.5) is 0 Å². The highest BCUT2D eigenvalue weighted by atomic mass is 35.5. The maximum Gasteiger partial charge on any atom is 0.321 e. The van der Waals surface area contributed by atoms with Gasteiger partial charge in [0.2, 0.25) is 0 Å². The predicted octanol–water partition coefficient (Wildman–Crippen LogP) is 3.97. The molecule has 1 N–H and O–H groups in total. The summed E-state index contributed by atoms with van der Waals surface area (Å²) >= 11 is 7.52. The van der Waals surface area contributed by atoms with Crippen LogP contribution in [-0.4, -0.2) is 22.0 Å². The molecule has 0 fully saturated rings. The van der Waals surface area contributed by atoms with Crippen molar-refractivity contribution in [1.82, 2.24) is 4.90 Å². The summed E-state index contributed by atoms with van der Waals surface area (Å²) < 4.78 is 0.737. The molecule has 2 atom stereocenters. The van der Waals surface area contributed by atoms with E-state index in [1.807, 2.05) is 42.2 Å². The maximum atomic E-state index is 11.7. The number of fused-ring (bicyclic) bond motifs is 1. The van der Waals surface area contributed by atoms with Gasteiger partial charge in [-0.25, -0.2) is 0 Å². The second-order valence-electron chi connectivity index (χ2n) is 5.32. The lowest BCUT2D eigenvalue weighted by atomic mass is 9.92. The van der Waals surface area contributed by atoms with Crippen LogP contribution in [0.5, 0.6) is 0 Å². The molecule has 2 aromatic rings. The molecule has 0 saturated heterocycles. The van der Waals surface area contributed by atoms with Gasteiger partial charge in [-0.2, -0.15) is 0 Å². The lowest BCUT2D eigenvalue weighted by Crippen LogP contribution is -2.46. The van der Waals surface area contributed by atoms with Crippen LogP contribution in [0.25, 0.3) is 0 Å². The van der Waals surface area contributed by atoms with Crippen LogP contribution in [0, 0.1) is 0 Å². The first-order valence-corrected chi connectivity index (χ1v) is 8.06. The van der Waals surface area contributed by atoms with Crippen molar-refractivity contribution in [3.63, 3.8) is 0 Å². The maximum absolute atomic E-state index is 11.7. The van der Waals surface area contributed by atoms with Crippen LogP contribution >= 0.6 is 22.9 Å². The SMILES string of the molecule is CC(c1ccc(Cl)s1)N1Cc2ccccc2CC1C(=O)O. The van der Waals surface area contributed by atoms with E-state index in [9.17, 15) is 9.90 Å². The molecule has 0 radical (unpaired) electrons. The molecule has 1 aromatic carbocycles. The Bertz CT molecular complexity index is 670. The van der Waals surface area contributed by atoms with E-state index in [0.717, 1.165) is 14.8 Å². The monoisotopic (exact) mass is 321 g/mol. The summed E-state index contributed by atoms with van der Waals surface area (Å²) in [6.45, 7) is 2.70. The summed E-state index contributed by atoms with van der Waals surface area (Å²) in [5, 5.41) is 9.57. The molecule has 0 aliphatic carbocycles. The van der Waals surface area contributed by atoms with Gasteiger partial charge in [-0.05, 0) is 36.6 Å². The number of thiophene rings is 1. The number of carbonyl (C=O) groups is 1. The average Bonchev–Trinajstić information content (AvgIpc) is 2.91. The molecule has 2 unspecified atom stereocenters. The number of benzene rings is 1. The molecular weight excluding hydrogens is 306 g/mol. The van der Waals surface area contributed by atoms with E-state index in [-0.39, 0.29) is 6.04 Å². The molecular formula is C16H16ClNO2S. The van der Waals surface area contributed by atoms with Gasteiger partial charge in [0, 0.05) is 17.5 Å². The van der Waals surface area contributed by atoms with Crippen molar-refractivity contribution in [2.24, 2.45) is 0 Å². The predicted molar refractivity (Wildman–Crippen MR) is 84.9 cm³/mol. The summed E-state index contributed by atoms with van der Waals surface area (Å²) in [6, 6.07) is 11.5. The number of nitrogens with zero attached hydrogens (tertiary/aromatic N) is 1. The van der Waals surface area contributed by atoms with Gasteiger partial charge in [-0.3, -0.25) is 9.69 Å². The largest absolute Gasteiger partial charge is 0.480 e. The van der Waals surface area contributed by atoms with Crippen LogP contribution < -0.4 is 0 Å². The highest BCUT2D eigenvalue weighted by molar-refractivity contribution is 7.16. The first kappa shape index (κ1) is 14.6. The fraction of sp³-hybridized carbons (Fsp3) is 0.312. The summed E-state index contributed by atoms with van der Waals surface area (Å²) in [7, 11) is 0. The normalized spacial score (nSPS) is 20.0. The molecule has 1 aliphatic heterocycles. The van der Waals surface area contributed by atoms with Crippen LogP contribution in [0.2, 0.25) is 4.34 Å². The number of carboxylic acid groups (broad SMARTS) is 1. The Morgan fingerprint density at radius 1 is 1.33 bits per heavy atom. The van der Waals surface area contributed by atoms with Crippen molar-refractivity contribution in [2.75, 3.05) is 0 Å². The molecule has 0 spiro atoms. The first-order chi connectivity index (χ1) is 10.1. The van der Waals surface area contributed by atoms with Crippen LogP contribution in [-0.2, 0) is 17.8 Å². The molecule has 21 heavy (non-hydrogen) atoms. The van der Waals surface area contributed by atoms with E-state index in [1.165, 1.54) is 16.9 Å². The lowest BCUT2D eigenvalue weighted by Gasteiger charge is -2.38. The number of hydrogen-bond acceptors (Lipinski definition) is 3. The van der Waals surface area contributed by atoms with Gasteiger partial charge in [0.25, 0.3) is 0 Å². The van der Waals surface area contributed by atoms with Gasteiger partial charge in [0.1, 0.15) is 6.04 Å². The Morgan fingerprint density at radius 2 is 2.05 bits per heavy atom. The van der Waals surface area contributed by atoms with E-state index < -0.39 is 12.0 Å². The van der Waals surface area contributed by atoms with E-state index in [2.05, 4.69) is 6.07 Å². The fourth-order valence-electron chi connectivity index (χ4n) is 2.90. The third kappa shape index (κ3) is 2.84. The molecule has 110 valence electrons. The standard InChI is InChI=1S/C16H16ClNO2S/c1-10(14-6-7-15(17)21-14)18-9-12-5-3-2-4-11(12)8-13(18)16(19)20/h2-7,10,13H,8-9H2,1H3,(H,19,20). The van der Waals surface area contributed by atoms with Gasteiger partial charge in [0.05, 0.1) is 4.34 Å². The van der Waals surface area contributed by atoms with Gasteiger partial charge in [0.15, 0.2) is 0 Å². The number of aliphatic carboxylic acids is 1. The Hall–Kier alpha value is -1.36. The van der Waals surface area contributed by atoms with E-state index in [1.54, 1.807) is 0 Å². The van der Waals surface area contributed by atoms with Crippen molar-refractivity contribution < 1.29 is 9.90 Å². The van der Waals surface area contributed by atoms with E-state index in [4.69, 9.17) is 11.6 Å². The number of rotatable bonds is 3. The molecule has 0 bridgehead atoms. The average molecular weight is 322 g/mol. The molecule has 1 aromatic heterocycles. The molecule has 0 amide bonds. The Balaban J connectivity index is 1.94. The highest BCUT2D eigenvalue weighted by Gasteiger charge is 2.34. The fourth-order valence-corrected chi connectivity index (χ4v) is 4.03. The van der Waals surface area contributed by atoms with E-state index in [0.29, 0.717) is 13.0 Å². The third-order valence-corrected chi connectivity index (χ3v) is 5.47. The zero-order valence-corrected chi connectivity index (χ0v) is 13.2. The van der Waals surface area contributed by atoms with Crippen molar-refractivity contribution in [3.05, 3.63) is 56.7 Å². The second-order valence-corrected chi connectivity index (χ2v) is 7.06. The Labute approximate surface area is 132 Å². The number of halogens is 1. The van der Waals surface area contributed by atoms with Crippen LogP contribution in [0.3, 0.4) is 0 Å². The lowest BCUT2D eigenvalue weighted by molar-refractivity contribution is -0.145. The summed E-state index contributed by atoms with van der Waals surface area (Å²) in [5.41, 5.74) is 2.35. The third-order valence-electron chi connectivity index (χ3n) is 4.07. The van der Waals surface area contributed by atoms with Crippen LogP contribution in [0.15, 0.2) is 36.4 Å². The van der Waals surface area contributed by atoms with Gasteiger partial charge in [-0.15, -0.1) is 11.3 Å². The zero-order chi connectivity index (χ0) is 15.0. The van der Waals surface area contributed by atoms with E-state index >= 15 is 0 Å². The van der Waals surface area contributed by atoms with Crippen molar-refractivity contribution in [2.45, 2.75) is 32.0 Å². The van der Waals surface area contributed by atoms with Crippen molar-refractivity contribution >= 4 is 28.9 Å². The molecule has 0 saturated carbocycles. The van der Waals surface area contributed by atoms with Crippen molar-refractivity contribution in [1.29, 1.82) is 0 Å². The van der Waals surface area contributed by atoms with Gasteiger partial charge >= 0.3 is 5.97 Å². The summed E-state index contributed by atoms with van der Waals surface area (Å²) in [5.74, 6) is -0.765. The molecule has 5 heteroatoms. The quantitative estimate of drug-likeness (QED) is 0.929.